The Morgan fingerprint density at radius 2 is 1.62 bits per heavy atom. The van der Waals surface area contributed by atoms with Crippen LogP contribution in [0.2, 0.25) is 0 Å². The van der Waals surface area contributed by atoms with Crippen molar-refractivity contribution in [3.63, 3.8) is 0 Å². The van der Waals surface area contributed by atoms with Crippen LogP contribution in [0, 0.1) is 0 Å². The largest absolute Gasteiger partial charge is 0.444 e. The fraction of sp³-hybridized carbons (Fsp3) is 0.567. The minimum absolute atomic E-state index is 0.00760. The van der Waals surface area contributed by atoms with Gasteiger partial charge in [0.2, 0.25) is 0 Å². The molecule has 5 nitrogen and oxygen atoms in total. The third kappa shape index (κ3) is 6.67. The molecule has 2 aromatic carbocycles. The van der Waals surface area contributed by atoms with Crippen LogP contribution in [0.3, 0.4) is 0 Å². The number of hydrogen-bond acceptors (Lipinski definition) is 6. The van der Waals surface area contributed by atoms with Gasteiger partial charge in [0, 0.05) is 19.1 Å². The molecule has 37 heavy (non-hydrogen) atoms. The fourth-order valence-corrected chi connectivity index (χ4v) is 8.97. The zero-order chi connectivity index (χ0) is 25.8. The standard InChI is InChI=1S/C30H40N2O3S2/c1-30(2,3)35-29(33)32-24-15-16-25(32)26(31(20-24)19-22-11-6-4-7-12-22)27(28-36-17-10-18-37-28)34-21-23-13-8-5-9-14-23/h4-9,11-14,24-28H,10,15-21H2,1-3H3/t24-,25+,26-,27+/m0/s1. The first-order valence-corrected chi connectivity index (χ1v) is 15.7. The van der Waals surface area contributed by atoms with Crippen LogP contribution in [-0.2, 0) is 22.6 Å². The van der Waals surface area contributed by atoms with E-state index < -0.39 is 5.60 Å². The van der Waals surface area contributed by atoms with Gasteiger partial charge in [0.15, 0.2) is 0 Å². The topological polar surface area (TPSA) is 42.0 Å². The minimum Gasteiger partial charge on any atom is -0.444 e. The lowest BCUT2D eigenvalue weighted by atomic mass is 9.96. The Balaban J connectivity index is 1.47. The molecule has 3 saturated heterocycles. The summed E-state index contributed by atoms with van der Waals surface area (Å²) < 4.78 is 13.2. The molecule has 2 bridgehead atoms. The molecule has 4 atom stereocenters. The van der Waals surface area contributed by atoms with Gasteiger partial charge in [-0.05, 0) is 62.7 Å². The average molecular weight is 541 g/mol. The number of likely N-dealkylation sites (tertiary alicyclic amines) is 1. The number of benzene rings is 2. The molecule has 0 aliphatic carbocycles. The van der Waals surface area contributed by atoms with Gasteiger partial charge < -0.3 is 9.47 Å². The average Bonchev–Trinajstić information content (AvgIpc) is 3.21. The second-order valence-corrected chi connectivity index (χ2v) is 14.1. The third-order valence-electron chi connectivity index (χ3n) is 7.38. The molecule has 2 aromatic rings. The monoisotopic (exact) mass is 540 g/mol. The number of amides is 1. The van der Waals surface area contributed by atoms with Crippen molar-refractivity contribution < 1.29 is 14.3 Å². The highest BCUT2D eigenvalue weighted by Gasteiger charge is 2.53. The van der Waals surface area contributed by atoms with E-state index in [1.54, 1.807) is 0 Å². The second-order valence-electron chi connectivity index (χ2n) is 11.3. The second kappa shape index (κ2) is 12.0. The summed E-state index contributed by atoms with van der Waals surface area (Å²) in [7, 11) is 0. The molecule has 0 radical (unpaired) electrons. The van der Waals surface area contributed by atoms with Crippen molar-refractivity contribution in [2.75, 3.05) is 18.1 Å². The van der Waals surface area contributed by atoms with E-state index in [1.165, 1.54) is 17.5 Å². The summed E-state index contributed by atoms with van der Waals surface area (Å²) in [6.45, 7) is 8.17. The summed E-state index contributed by atoms with van der Waals surface area (Å²) in [5.74, 6) is 2.33. The maximum atomic E-state index is 13.5. The lowest BCUT2D eigenvalue weighted by Gasteiger charge is -2.51. The Labute approximate surface area is 230 Å². The quantitative estimate of drug-likeness (QED) is 0.404. The van der Waals surface area contributed by atoms with Crippen LogP contribution < -0.4 is 0 Å². The van der Waals surface area contributed by atoms with Gasteiger partial charge in [-0.25, -0.2) is 4.79 Å². The summed E-state index contributed by atoms with van der Waals surface area (Å²) in [6, 6.07) is 21.6. The maximum absolute atomic E-state index is 13.5. The van der Waals surface area contributed by atoms with Crippen molar-refractivity contribution >= 4 is 29.6 Å². The molecule has 7 heteroatoms. The smallest absolute Gasteiger partial charge is 0.410 e. The Kier molecular flexibility index (Phi) is 8.74. The minimum atomic E-state index is -0.508. The number of hydrogen-bond donors (Lipinski definition) is 0. The highest BCUT2D eigenvalue weighted by Crippen LogP contribution is 2.43. The predicted molar refractivity (Wildman–Crippen MR) is 154 cm³/mol. The first kappa shape index (κ1) is 26.9. The summed E-state index contributed by atoms with van der Waals surface area (Å²) >= 11 is 4.06. The maximum Gasteiger partial charge on any atom is 0.410 e. The molecule has 0 saturated carbocycles. The molecule has 0 spiro atoms. The van der Waals surface area contributed by atoms with Gasteiger partial charge in [-0.15, -0.1) is 23.5 Å². The Hall–Kier alpha value is -1.67. The van der Waals surface area contributed by atoms with Crippen LogP contribution >= 0.6 is 23.5 Å². The lowest BCUT2D eigenvalue weighted by molar-refractivity contribution is -0.0789. The van der Waals surface area contributed by atoms with Crippen LogP contribution in [0.25, 0.3) is 0 Å². The Morgan fingerprint density at radius 1 is 0.973 bits per heavy atom. The third-order valence-corrected chi connectivity index (χ3v) is 10.4. The van der Waals surface area contributed by atoms with Crippen molar-refractivity contribution in [1.82, 2.24) is 9.80 Å². The van der Waals surface area contributed by atoms with Crippen molar-refractivity contribution in [1.29, 1.82) is 0 Å². The first-order valence-electron chi connectivity index (χ1n) is 13.6. The highest BCUT2D eigenvalue weighted by molar-refractivity contribution is 8.17. The predicted octanol–water partition coefficient (Wildman–Crippen LogP) is 6.42. The van der Waals surface area contributed by atoms with E-state index >= 15 is 0 Å². The first-order chi connectivity index (χ1) is 17.9. The number of ether oxygens (including phenoxy) is 2. The lowest BCUT2D eigenvalue weighted by Crippen LogP contribution is -2.66. The number of carbonyl (C=O) groups excluding carboxylic acids is 1. The number of fused-ring (bicyclic) bond motifs is 2. The van der Waals surface area contributed by atoms with E-state index in [4.69, 9.17) is 9.47 Å². The molecule has 3 aliphatic heterocycles. The summed E-state index contributed by atoms with van der Waals surface area (Å²) in [5.41, 5.74) is 1.99. The molecule has 3 aliphatic rings. The highest BCUT2D eigenvalue weighted by atomic mass is 32.2. The van der Waals surface area contributed by atoms with Crippen LogP contribution in [0.1, 0.15) is 51.2 Å². The van der Waals surface area contributed by atoms with Crippen molar-refractivity contribution in [3.8, 4) is 0 Å². The van der Waals surface area contributed by atoms with E-state index in [2.05, 4.69) is 64.4 Å². The van der Waals surface area contributed by atoms with Gasteiger partial charge in [-0.1, -0.05) is 60.7 Å². The Bertz CT molecular complexity index is 1010. The molecule has 0 aromatic heterocycles. The van der Waals surface area contributed by atoms with E-state index in [0.29, 0.717) is 11.2 Å². The SMILES string of the molecule is CC(C)(C)OC(=O)N1[C@H]2CC[C@@H]1[C@@H]([C@@H](OCc1ccccc1)C1SCCCS1)N(Cc1ccccc1)C2. The van der Waals surface area contributed by atoms with E-state index in [1.807, 2.05) is 50.4 Å². The number of thioether (sulfide) groups is 2. The summed E-state index contributed by atoms with van der Waals surface area (Å²) in [5, 5.41) is 0. The van der Waals surface area contributed by atoms with Gasteiger partial charge in [-0.3, -0.25) is 9.80 Å². The fourth-order valence-electron chi connectivity index (χ4n) is 5.88. The van der Waals surface area contributed by atoms with Gasteiger partial charge >= 0.3 is 6.09 Å². The van der Waals surface area contributed by atoms with Crippen LogP contribution in [0.15, 0.2) is 60.7 Å². The van der Waals surface area contributed by atoms with Crippen LogP contribution in [0.4, 0.5) is 4.79 Å². The zero-order valence-corrected chi connectivity index (χ0v) is 23.9. The zero-order valence-electron chi connectivity index (χ0n) is 22.3. The molecule has 5 rings (SSSR count). The van der Waals surface area contributed by atoms with Crippen molar-refractivity contribution in [2.24, 2.45) is 0 Å². The molecule has 1 amide bonds. The number of nitrogens with zero attached hydrogens (tertiary/aromatic N) is 2. The molecule has 0 N–H and O–H groups in total. The molecule has 3 heterocycles. The number of piperazine rings is 1. The van der Waals surface area contributed by atoms with Gasteiger partial charge in [0.05, 0.1) is 29.4 Å². The van der Waals surface area contributed by atoms with E-state index in [-0.39, 0.29) is 30.3 Å². The van der Waals surface area contributed by atoms with Gasteiger partial charge in [0.25, 0.3) is 0 Å². The van der Waals surface area contributed by atoms with E-state index in [9.17, 15) is 4.79 Å². The molecule has 200 valence electrons. The molecular formula is C30H40N2O3S2. The van der Waals surface area contributed by atoms with Crippen LogP contribution in [0.5, 0.6) is 0 Å². The molecule has 0 unspecified atom stereocenters. The van der Waals surface area contributed by atoms with Crippen molar-refractivity contribution in [3.05, 3.63) is 71.8 Å². The molecular weight excluding hydrogens is 500 g/mol. The summed E-state index contributed by atoms with van der Waals surface area (Å²) in [6.07, 6.45) is 3.09. The number of rotatable bonds is 7. The van der Waals surface area contributed by atoms with Gasteiger partial charge in [0.1, 0.15) is 5.60 Å². The molecule has 3 fully saturated rings. The normalized spacial score (nSPS) is 25.7. The summed E-state index contributed by atoms with van der Waals surface area (Å²) in [4.78, 5) is 18.2. The van der Waals surface area contributed by atoms with Crippen molar-refractivity contribution in [2.45, 2.75) is 87.6 Å². The number of carbonyl (C=O) groups is 1. The van der Waals surface area contributed by atoms with Crippen LogP contribution in [-0.4, -0.2) is 68.4 Å². The Morgan fingerprint density at radius 3 is 2.27 bits per heavy atom. The van der Waals surface area contributed by atoms with E-state index in [0.717, 1.165) is 37.4 Å². The van der Waals surface area contributed by atoms with Gasteiger partial charge in [-0.2, -0.15) is 0 Å².